The van der Waals surface area contributed by atoms with Gasteiger partial charge in [-0.25, -0.2) is 9.97 Å². The van der Waals surface area contributed by atoms with Crippen molar-refractivity contribution in [2.75, 3.05) is 0 Å². The van der Waals surface area contributed by atoms with Crippen molar-refractivity contribution in [2.45, 2.75) is 51.2 Å². The van der Waals surface area contributed by atoms with Crippen LogP contribution in [-0.4, -0.2) is 38.4 Å². The number of nitrogens with zero attached hydrogens (tertiary/aromatic N) is 3. The van der Waals surface area contributed by atoms with Crippen molar-refractivity contribution >= 4 is 33.4 Å². The predicted molar refractivity (Wildman–Crippen MR) is 161 cm³/mol. The maximum atomic E-state index is 13.9. The number of benzene rings is 3. The number of amidine groups is 1. The Bertz CT molecular complexity index is 1760. The van der Waals surface area contributed by atoms with E-state index in [0.29, 0.717) is 23.6 Å². The van der Waals surface area contributed by atoms with Crippen LogP contribution in [0.15, 0.2) is 73.1 Å². The summed E-state index contributed by atoms with van der Waals surface area (Å²) in [6.07, 6.45) is 6.81. The fourth-order valence-corrected chi connectivity index (χ4v) is 5.83. The van der Waals surface area contributed by atoms with E-state index < -0.39 is 0 Å². The molecule has 9 nitrogen and oxygen atoms in total. The van der Waals surface area contributed by atoms with Crippen LogP contribution in [0, 0.1) is 12.3 Å². The van der Waals surface area contributed by atoms with Crippen LogP contribution in [0.1, 0.15) is 52.9 Å². The lowest BCUT2D eigenvalue weighted by Crippen LogP contribution is -2.41. The van der Waals surface area contributed by atoms with Gasteiger partial charge in [0.25, 0.3) is 5.91 Å². The molecule has 3 aromatic carbocycles. The van der Waals surface area contributed by atoms with Gasteiger partial charge in [0, 0.05) is 47.5 Å². The Hall–Kier alpha value is -4.76. The van der Waals surface area contributed by atoms with E-state index in [1.165, 1.54) is 0 Å². The molecule has 5 aromatic rings. The van der Waals surface area contributed by atoms with Crippen molar-refractivity contribution in [3.63, 3.8) is 0 Å². The van der Waals surface area contributed by atoms with Crippen LogP contribution >= 0.6 is 0 Å². The lowest BCUT2D eigenvalue weighted by Gasteiger charge is -2.27. The number of aryl methyl sites for hydroxylation is 1. The molecule has 1 saturated carbocycles. The maximum absolute atomic E-state index is 13.9. The molecule has 41 heavy (non-hydrogen) atoms. The van der Waals surface area contributed by atoms with Crippen LogP contribution < -0.4 is 21.5 Å². The molecule has 6 N–H and O–H groups in total. The van der Waals surface area contributed by atoms with Gasteiger partial charge in [0.15, 0.2) is 0 Å². The SMILES string of the molecule is Cc1c(C(=O)N[C@H]2CC[C@H](N)CC2)n(Cc2cc(Oc3ncccn3)cc3ccccc23)c2cc(C(=N)N)ccc12. The van der Waals surface area contributed by atoms with Crippen LogP contribution in [0.25, 0.3) is 21.7 Å². The molecule has 1 aliphatic rings. The van der Waals surface area contributed by atoms with Crippen molar-refractivity contribution in [1.82, 2.24) is 19.9 Å². The van der Waals surface area contributed by atoms with Gasteiger partial charge >= 0.3 is 6.01 Å². The van der Waals surface area contributed by atoms with Crippen LogP contribution in [0.2, 0.25) is 0 Å². The van der Waals surface area contributed by atoms with E-state index in [-0.39, 0.29) is 29.8 Å². The van der Waals surface area contributed by atoms with E-state index in [1.54, 1.807) is 18.5 Å². The molecule has 2 aromatic heterocycles. The minimum Gasteiger partial charge on any atom is -0.424 e. The van der Waals surface area contributed by atoms with Crippen molar-refractivity contribution in [2.24, 2.45) is 11.5 Å². The first-order valence-electron chi connectivity index (χ1n) is 13.9. The molecule has 2 heterocycles. The highest BCUT2D eigenvalue weighted by molar-refractivity contribution is 6.04. The fourth-order valence-electron chi connectivity index (χ4n) is 5.83. The number of fused-ring (bicyclic) bond motifs is 2. The second-order valence-electron chi connectivity index (χ2n) is 10.7. The largest absolute Gasteiger partial charge is 0.424 e. The second kappa shape index (κ2) is 11.0. The molecular formula is C32H33N7O2. The summed E-state index contributed by atoms with van der Waals surface area (Å²) in [7, 11) is 0. The first kappa shape index (κ1) is 26.5. The van der Waals surface area contributed by atoms with Crippen LogP contribution in [0.4, 0.5) is 0 Å². The second-order valence-corrected chi connectivity index (χ2v) is 10.7. The number of amides is 1. The third-order valence-corrected chi connectivity index (χ3v) is 7.95. The average Bonchev–Trinajstić information content (AvgIpc) is 3.25. The summed E-state index contributed by atoms with van der Waals surface area (Å²) >= 11 is 0. The summed E-state index contributed by atoms with van der Waals surface area (Å²) in [4.78, 5) is 22.3. The minimum absolute atomic E-state index is 0.0226. The molecular weight excluding hydrogens is 514 g/mol. The highest BCUT2D eigenvalue weighted by atomic mass is 16.5. The summed E-state index contributed by atoms with van der Waals surface area (Å²) in [6.45, 7) is 2.37. The Morgan fingerprint density at radius 3 is 2.54 bits per heavy atom. The molecule has 0 saturated heterocycles. The average molecular weight is 548 g/mol. The zero-order chi connectivity index (χ0) is 28.5. The van der Waals surface area contributed by atoms with Gasteiger partial charge in [-0.15, -0.1) is 0 Å². The molecule has 0 spiro atoms. The van der Waals surface area contributed by atoms with Crippen molar-refractivity contribution < 1.29 is 9.53 Å². The third kappa shape index (κ3) is 5.36. The van der Waals surface area contributed by atoms with E-state index in [2.05, 4.69) is 21.4 Å². The van der Waals surface area contributed by atoms with E-state index in [1.807, 2.05) is 60.0 Å². The Balaban J connectivity index is 1.46. The third-order valence-electron chi connectivity index (χ3n) is 7.95. The Kier molecular flexibility index (Phi) is 7.11. The summed E-state index contributed by atoms with van der Waals surface area (Å²) in [5, 5.41) is 14.3. The van der Waals surface area contributed by atoms with Crippen LogP contribution in [-0.2, 0) is 6.54 Å². The number of rotatable bonds is 7. The lowest BCUT2D eigenvalue weighted by atomic mass is 9.92. The number of ether oxygens (including phenoxy) is 1. The van der Waals surface area contributed by atoms with Gasteiger partial charge in [-0.05, 0) is 78.8 Å². The number of nitrogens with two attached hydrogens (primary N) is 2. The molecule has 6 rings (SSSR count). The molecule has 0 atom stereocenters. The number of hydrogen-bond acceptors (Lipinski definition) is 6. The summed E-state index contributed by atoms with van der Waals surface area (Å²) < 4.78 is 8.06. The number of carbonyl (C=O) groups is 1. The maximum Gasteiger partial charge on any atom is 0.321 e. The molecule has 0 aliphatic heterocycles. The normalized spacial score (nSPS) is 17.0. The topological polar surface area (TPSA) is 145 Å². The number of hydrogen-bond donors (Lipinski definition) is 4. The number of nitrogens with one attached hydrogen (secondary N) is 2. The standard InChI is InChI=1S/C32H33N7O2/c1-19-26-12-7-21(30(34)35)17-28(26)39(29(19)31(40)38-24-10-8-23(33)9-11-24)18-22-16-25(41-32-36-13-4-14-37-32)15-20-5-2-3-6-27(20)22/h2-7,12-17,23-24H,8-11,18,33H2,1H3,(H3,34,35)(H,38,40)/t23-,24-. The summed E-state index contributed by atoms with van der Waals surface area (Å²) in [6, 6.07) is 20.0. The van der Waals surface area contributed by atoms with E-state index in [4.69, 9.17) is 21.6 Å². The van der Waals surface area contributed by atoms with Crippen LogP contribution in [0.5, 0.6) is 11.8 Å². The molecule has 208 valence electrons. The lowest BCUT2D eigenvalue weighted by molar-refractivity contribution is 0.0916. The van der Waals surface area contributed by atoms with E-state index in [9.17, 15) is 4.79 Å². The van der Waals surface area contributed by atoms with Gasteiger partial charge < -0.3 is 26.1 Å². The van der Waals surface area contributed by atoms with Crippen molar-refractivity contribution in [1.29, 1.82) is 5.41 Å². The first-order chi connectivity index (χ1) is 19.9. The zero-order valence-electron chi connectivity index (χ0n) is 22.9. The number of nitrogen functional groups attached to an aromatic ring is 1. The van der Waals surface area contributed by atoms with Gasteiger partial charge in [0.05, 0.1) is 0 Å². The van der Waals surface area contributed by atoms with Gasteiger partial charge in [-0.2, -0.15) is 0 Å². The molecule has 0 bridgehead atoms. The number of aromatic nitrogens is 3. The number of carbonyl (C=O) groups excluding carboxylic acids is 1. The molecule has 0 unspecified atom stereocenters. The van der Waals surface area contributed by atoms with Crippen molar-refractivity contribution in [3.05, 3.63) is 95.4 Å². The highest BCUT2D eigenvalue weighted by Gasteiger charge is 2.26. The Morgan fingerprint density at radius 1 is 1.02 bits per heavy atom. The van der Waals surface area contributed by atoms with Gasteiger partial charge in [-0.1, -0.05) is 36.4 Å². The van der Waals surface area contributed by atoms with Crippen LogP contribution in [0.3, 0.4) is 0 Å². The summed E-state index contributed by atoms with van der Waals surface area (Å²) in [5.41, 5.74) is 15.9. The van der Waals surface area contributed by atoms with Gasteiger partial charge in [0.2, 0.25) is 0 Å². The van der Waals surface area contributed by atoms with Gasteiger partial charge in [-0.3, -0.25) is 10.2 Å². The van der Waals surface area contributed by atoms with Gasteiger partial charge in [0.1, 0.15) is 17.3 Å². The highest BCUT2D eigenvalue weighted by Crippen LogP contribution is 2.32. The predicted octanol–water partition coefficient (Wildman–Crippen LogP) is 5.02. The molecule has 0 radical (unpaired) electrons. The molecule has 9 heteroatoms. The zero-order valence-corrected chi connectivity index (χ0v) is 22.9. The minimum atomic E-state index is -0.113. The molecule has 1 fully saturated rings. The summed E-state index contributed by atoms with van der Waals surface area (Å²) in [5.74, 6) is 0.468. The van der Waals surface area contributed by atoms with E-state index >= 15 is 0 Å². The fraction of sp³-hybridized carbons (Fsp3) is 0.250. The van der Waals surface area contributed by atoms with Crippen molar-refractivity contribution in [3.8, 4) is 11.8 Å². The first-order valence-corrected chi connectivity index (χ1v) is 13.9. The quantitative estimate of drug-likeness (QED) is 0.166. The molecule has 1 amide bonds. The monoisotopic (exact) mass is 547 g/mol. The molecule has 1 aliphatic carbocycles. The Morgan fingerprint density at radius 2 is 1.78 bits per heavy atom. The van der Waals surface area contributed by atoms with E-state index in [0.717, 1.165) is 58.5 Å². The Labute approximate surface area is 238 Å². The smallest absolute Gasteiger partial charge is 0.321 e.